The number of aromatic nitrogens is 4. The monoisotopic (exact) mass is 420 g/mol. The molecule has 0 radical (unpaired) electrons. The Labute approximate surface area is 178 Å². The normalized spacial score (nSPS) is 17.1. The van der Waals surface area contributed by atoms with Crippen LogP contribution >= 0.6 is 0 Å². The van der Waals surface area contributed by atoms with Crippen LogP contribution in [0.15, 0.2) is 43.1 Å². The van der Waals surface area contributed by atoms with E-state index in [2.05, 4.69) is 30.6 Å². The molecule has 3 heterocycles. The summed E-state index contributed by atoms with van der Waals surface area (Å²) in [4.78, 5) is 40.7. The second kappa shape index (κ2) is 8.55. The zero-order chi connectivity index (χ0) is 22.0. The van der Waals surface area contributed by atoms with Crippen molar-refractivity contribution in [2.24, 2.45) is 5.92 Å². The Morgan fingerprint density at radius 2 is 1.97 bits per heavy atom. The second-order valence-corrected chi connectivity index (χ2v) is 7.34. The third kappa shape index (κ3) is 4.55. The summed E-state index contributed by atoms with van der Waals surface area (Å²) in [6, 6.07) is 5.16. The summed E-state index contributed by atoms with van der Waals surface area (Å²) < 4.78 is 13.1. The van der Waals surface area contributed by atoms with Gasteiger partial charge in [-0.05, 0) is 31.0 Å². The maximum Gasteiger partial charge on any atom is 0.231 e. The maximum atomic E-state index is 13.1. The molecule has 31 heavy (non-hydrogen) atoms. The van der Waals surface area contributed by atoms with Gasteiger partial charge in [0.2, 0.25) is 5.91 Å². The summed E-state index contributed by atoms with van der Waals surface area (Å²) in [5, 5.41) is 5.94. The number of nitrogens with zero attached hydrogens (tertiary/aromatic N) is 4. The van der Waals surface area contributed by atoms with E-state index in [4.69, 9.17) is 0 Å². The quantitative estimate of drug-likeness (QED) is 0.558. The van der Waals surface area contributed by atoms with Crippen molar-refractivity contribution in [1.82, 2.24) is 19.9 Å². The Balaban J connectivity index is 1.59. The van der Waals surface area contributed by atoms with Crippen LogP contribution in [-0.4, -0.2) is 37.8 Å². The lowest BCUT2D eigenvalue weighted by molar-refractivity contribution is -0.117. The van der Waals surface area contributed by atoms with Crippen molar-refractivity contribution in [1.29, 1.82) is 0 Å². The highest BCUT2D eigenvalue weighted by atomic mass is 19.1. The van der Waals surface area contributed by atoms with Crippen molar-refractivity contribution in [3.63, 3.8) is 0 Å². The van der Waals surface area contributed by atoms with E-state index in [9.17, 15) is 14.0 Å². The third-order valence-corrected chi connectivity index (χ3v) is 5.05. The van der Waals surface area contributed by atoms with Crippen LogP contribution in [0.4, 0.5) is 21.6 Å². The third-order valence-electron chi connectivity index (χ3n) is 5.05. The first-order valence-electron chi connectivity index (χ1n) is 9.94. The van der Waals surface area contributed by atoms with Crippen LogP contribution < -0.4 is 10.6 Å². The molecule has 1 aliphatic rings. The van der Waals surface area contributed by atoms with E-state index in [1.807, 2.05) is 6.92 Å². The minimum Gasteiger partial charge on any atom is -0.353 e. The van der Waals surface area contributed by atoms with Gasteiger partial charge in [-0.3, -0.25) is 19.6 Å². The summed E-state index contributed by atoms with van der Waals surface area (Å²) in [6.07, 6.45) is 5.81. The van der Waals surface area contributed by atoms with E-state index in [0.29, 0.717) is 29.2 Å². The number of halogens is 1. The van der Waals surface area contributed by atoms with E-state index in [0.717, 1.165) is 16.9 Å². The smallest absolute Gasteiger partial charge is 0.231 e. The Kier molecular flexibility index (Phi) is 5.66. The van der Waals surface area contributed by atoms with Gasteiger partial charge in [0.15, 0.2) is 5.78 Å². The molecule has 0 saturated heterocycles. The predicted octanol–water partition coefficient (Wildman–Crippen LogP) is 3.87. The van der Waals surface area contributed by atoms with Gasteiger partial charge in [-0.2, -0.15) is 0 Å². The molecule has 0 spiro atoms. The molecule has 8 nitrogen and oxygen atoms in total. The fraction of sp³-hybridized carbons (Fsp3) is 0.273. The Morgan fingerprint density at radius 3 is 2.68 bits per heavy atom. The largest absolute Gasteiger partial charge is 0.353 e. The van der Waals surface area contributed by atoms with Crippen LogP contribution in [0.25, 0.3) is 11.3 Å². The number of hydrogen-bond donors (Lipinski definition) is 2. The average molecular weight is 420 g/mol. The molecule has 2 N–H and O–H groups in total. The van der Waals surface area contributed by atoms with Gasteiger partial charge in [0.25, 0.3) is 0 Å². The number of ketones is 1. The maximum absolute atomic E-state index is 13.1. The van der Waals surface area contributed by atoms with Crippen LogP contribution in [0, 0.1) is 12.8 Å². The number of aryl methyl sites for hydroxylation is 1. The van der Waals surface area contributed by atoms with Crippen LogP contribution in [0.2, 0.25) is 0 Å². The molecule has 0 aliphatic heterocycles. The molecule has 3 aromatic rings. The van der Waals surface area contributed by atoms with Gasteiger partial charge < -0.3 is 10.6 Å². The van der Waals surface area contributed by atoms with Crippen LogP contribution in [0.5, 0.6) is 0 Å². The number of Topliss-reactive ketones (excluding diaryl/α,β-unsaturated/α-hetero) is 1. The molecule has 3 aromatic heterocycles. The number of hydrogen-bond acceptors (Lipinski definition) is 7. The van der Waals surface area contributed by atoms with Gasteiger partial charge in [-0.1, -0.05) is 6.92 Å². The van der Waals surface area contributed by atoms with E-state index in [1.165, 1.54) is 6.33 Å². The van der Waals surface area contributed by atoms with Crippen LogP contribution in [0.1, 0.15) is 35.8 Å². The SMILES string of the molecule is CCC(=O)c1cc(C)c(Nc2ccncc2-c2cc(NC(=O)C3CC3F)ncn2)cn1. The van der Waals surface area contributed by atoms with Gasteiger partial charge in [0.05, 0.1) is 29.2 Å². The number of carbonyl (C=O) groups is 2. The first kappa shape index (κ1) is 20.5. The van der Waals surface area contributed by atoms with Gasteiger partial charge in [0, 0.05) is 30.4 Å². The molecule has 4 rings (SSSR count). The molecule has 1 amide bonds. The van der Waals surface area contributed by atoms with Crippen molar-refractivity contribution in [2.45, 2.75) is 32.9 Å². The highest BCUT2D eigenvalue weighted by Gasteiger charge is 2.43. The summed E-state index contributed by atoms with van der Waals surface area (Å²) in [7, 11) is 0. The lowest BCUT2D eigenvalue weighted by atomic mass is 10.1. The molecule has 1 saturated carbocycles. The van der Waals surface area contributed by atoms with Crippen LogP contribution in [0.3, 0.4) is 0 Å². The van der Waals surface area contributed by atoms with Crippen molar-refractivity contribution < 1.29 is 14.0 Å². The highest BCUT2D eigenvalue weighted by molar-refractivity contribution is 5.95. The predicted molar refractivity (Wildman–Crippen MR) is 114 cm³/mol. The van der Waals surface area contributed by atoms with Crippen LogP contribution in [-0.2, 0) is 4.79 Å². The summed E-state index contributed by atoms with van der Waals surface area (Å²) in [6.45, 7) is 3.69. The van der Waals surface area contributed by atoms with E-state index < -0.39 is 12.1 Å². The van der Waals surface area contributed by atoms with E-state index >= 15 is 0 Å². The van der Waals surface area contributed by atoms with Crippen molar-refractivity contribution >= 4 is 28.9 Å². The molecule has 1 fully saturated rings. The van der Waals surface area contributed by atoms with Crippen molar-refractivity contribution in [3.05, 3.63) is 54.4 Å². The number of pyridine rings is 2. The van der Waals surface area contributed by atoms with Gasteiger partial charge in [-0.15, -0.1) is 0 Å². The number of rotatable bonds is 7. The minimum atomic E-state index is -1.08. The molecule has 158 valence electrons. The molecule has 0 bridgehead atoms. The summed E-state index contributed by atoms with van der Waals surface area (Å²) >= 11 is 0. The summed E-state index contributed by atoms with van der Waals surface area (Å²) in [5.74, 6) is -0.707. The minimum absolute atomic E-state index is 0.0138. The molecule has 2 unspecified atom stereocenters. The first-order chi connectivity index (χ1) is 15.0. The topological polar surface area (TPSA) is 110 Å². The number of amides is 1. The number of carbonyl (C=O) groups excluding carboxylic acids is 2. The van der Waals surface area contributed by atoms with E-state index in [1.54, 1.807) is 43.7 Å². The number of anilines is 3. The lowest BCUT2D eigenvalue weighted by Gasteiger charge is -2.14. The number of nitrogens with one attached hydrogen (secondary N) is 2. The highest BCUT2D eigenvalue weighted by Crippen LogP contribution is 2.35. The van der Waals surface area contributed by atoms with Crippen molar-refractivity contribution in [3.8, 4) is 11.3 Å². The molecule has 9 heteroatoms. The first-order valence-corrected chi connectivity index (χ1v) is 9.94. The standard InChI is InChI=1S/C22H21FN6O2/c1-3-20(30)18-6-12(2)19(10-25-18)28-16-4-5-24-9-14(16)17-8-21(27-11-26-17)29-22(31)13-7-15(13)23/h4-6,8-11,13,15H,3,7H2,1-2H3,(H,24,28)(H,26,27,29,31). The van der Waals surface area contributed by atoms with Crippen molar-refractivity contribution in [2.75, 3.05) is 10.6 Å². The Bertz CT molecular complexity index is 1150. The van der Waals surface area contributed by atoms with Gasteiger partial charge >= 0.3 is 0 Å². The number of alkyl halides is 1. The fourth-order valence-corrected chi connectivity index (χ4v) is 3.10. The Morgan fingerprint density at radius 1 is 1.16 bits per heavy atom. The fourth-order valence-electron chi connectivity index (χ4n) is 3.10. The zero-order valence-electron chi connectivity index (χ0n) is 17.1. The molecule has 1 aliphatic carbocycles. The summed E-state index contributed by atoms with van der Waals surface area (Å²) in [5.41, 5.74) is 3.99. The molecular formula is C22H21FN6O2. The van der Waals surface area contributed by atoms with Gasteiger partial charge in [0.1, 0.15) is 24.0 Å². The molecule has 0 aromatic carbocycles. The molecule has 2 atom stereocenters. The average Bonchev–Trinajstić information content (AvgIpc) is 3.52. The zero-order valence-corrected chi connectivity index (χ0v) is 17.1. The second-order valence-electron chi connectivity index (χ2n) is 7.34. The van der Waals surface area contributed by atoms with Gasteiger partial charge in [-0.25, -0.2) is 14.4 Å². The van der Waals surface area contributed by atoms with E-state index in [-0.39, 0.29) is 18.1 Å². The molecular weight excluding hydrogens is 399 g/mol. The lowest BCUT2D eigenvalue weighted by Crippen LogP contribution is -2.16. The Hall–Kier alpha value is -3.75.